The average molecular weight is 174 g/mol. The molecule has 1 saturated heterocycles. The molecule has 0 aromatic carbocycles. The minimum Gasteiger partial charge on any atom is -0.351 e. The molecule has 2 aliphatic rings. The van der Waals surface area contributed by atoms with E-state index in [1.165, 1.54) is 25.7 Å². The fourth-order valence-electron chi connectivity index (χ4n) is 2.41. The Morgan fingerprint density at radius 2 is 2.31 bits per heavy atom. The van der Waals surface area contributed by atoms with Crippen molar-refractivity contribution in [2.75, 3.05) is 11.4 Å². The molecule has 1 aromatic rings. The monoisotopic (exact) mass is 174 g/mol. The maximum atomic E-state index is 4.17. The van der Waals surface area contributed by atoms with Gasteiger partial charge in [-0.15, -0.1) is 0 Å². The molecule has 3 nitrogen and oxygen atoms in total. The van der Waals surface area contributed by atoms with Gasteiger partial charge >= 0.3 is 0 Å². The van der Waals surface area contributed by atoms with Gasteiger partial charge < -0.3 is 4.90 Å². The first-order valence-corrected chi connectivity index (χ1v) is 4.88. The van der Waals surface area contributed by atoms with E-state index < -0.39 is 0 Å². The van der Waals surface area contributed by atoms with Gasteiger partial charge in [-0.1, -0.05) is 0 Å². The van der Waals surface area contributed by atoms with Crippen LogP contribution in [0.5, 0.6) is 0 Å². The Hall–Kier alpha value is -1.12. The highest BCUT2D eigenvalue weighted by Gasteiger charge is 2.49. The van der Waals surface area contributed by atoms with E-state index in [9.17, 15) is 0 Å². The molecule has 0 atom stereocenters. The van der Waals surface area contributed by atoms with E-state index in [-0.39, 0.29) is 0 Å². The smallest absolute Gasteiger partial charge is 0.199 e. The van der Waals surface area contributed by atoms with E-state index in [4.69, 9.17) is 0 Å². The largest absolute Gasteiger partial charge is 0.351 e. The number of aromatic nitrogens is 2. The molecule has 1 aliphatic carbocycles. The highest BCUT2D eigenvalue weighted by atomic mass is 15.3. The van der Waals surface area contributed by atoms with Gasteiger partial charge in [-0.2, -0.15) is 0 Å². The Balaban J connectivity index is 1.87. The van der Waals surface area contributed by atoms with Crippen LogP contribution in [-0.2, 0) is 0 Å². The predicted octanol–water partition coefficient (Wildman–Crippen LogP) is 1.41. The van der Waals surface area contributed by atoms with Crippen LogP contribution >= 0.6 is 0 Å². The van der Waals surface area contributed by atoms with E-state index in [0.717, 1.165) is 12.4 Å². The molecule has 1 aromatic heterocycles. The highest BCUT2D eigenvalue weighted by Crippen LogP contribution is 2.48. The second-order valence-corrected chi connectivity index (χ2v) is 3.99. The minimum absolute atomic E-state index is 0.488. The van der Waals surface area contributed by atoms with E-state index in [1.807, 2.05) is 6.07 Å². The standard InChI is InChI=1S/C10H12N3/c1-3-10(4-1)5-7-13(10)9-2-6-11-8-12-9/h2,6H,1,3-5,7H2. The summed E-state index contributed by atoms with van der Waals surface area (Å²) in [7, 11) is 0. The third-order valence-electron chi connectivity index (χ3n) is 3.45. The first-order valence-electron chi connectivity index (χ1n) is 4.88. The van der Waals surface area contributed by atoms with Crippen molar-refractivity contribution in [1.82, 2.24) is 9.97 Å². The van der Waals surface area contributed by atoms with E-state index in [0.29, 0.717) is 5.54 Å². The fraction of sp³-hybridized carbons (Fsp3) is 0.600. The molecule has 2 heterocycles. The highest BCUT2D eigenvalue weighted by molar-refractivity contribution is 5.46. The van der Waals surface area contributed by atoms with Crippen LogP contribution in [0.4, 0.5) is 5.82 Å². The normalized spacial score (nSPS) is 23.8. The molecule has 0 bridgehead atoms. The lowest BCUT2D eigenvalue weighted by molar-refractivity contribution is 0.150. The number of hydrogen-bond acceptors (Lipinski definition) is 3. The number of nitrogens with zero attached hydrogens (tertiary/aromatic N) is 3. The SMILES string of the molecule is [c]1nccc(N2CCC23CCC3)n1. The van der Waals surface area contributed by atoms with Gasteiger partial charge in [0.2, 0.25) is 0 Å². The minimum atomic E-state index is 0.488. The molecule has 0 amide bonds. The summed E-state index contributed by atoms with van der Waals surface area (Å²) in [4.78, 5) is 10.4. The zero-order valence-electron chi connectivity index (χ0n) is 7.53. The summed E-state index contributed by atoms with van der Waals surface area (Å²) in [5.74, 6) is 1.06. The molecule has 67 valence electrons. The molecule has 1 radical (unpaired) electrons. The lowest BCUT2D eigenvalue weighted by Gasteiger charge is -2.59. The molecule has 3 heteroatoms. The van der Waals surface area contributed by atoms with Crippen LogP contribution in [0.2, 0.25) is 0 Å². The maximum absolute atomic E-state index is 4.17. The summed E-state index contributed by atoms with van der Waals surface area (Å²) in [5.41, 5.74) is 0.488. The van der Waals surface area contributed by atoms with Crippen LogP contribution in [0.3, 0.4) is 0 Å². The maximum Gasteiger partial charge on any atom is 0.199 e. The molecule has 1 spiro atoms. The summed E-state index contributed by atoms with van der Waals surface area (Å²) in [5, 5.41) is 0. The second kappa shape index (κ2) is 2.44. The van der Waals surface area contributed by atoms with Crippen molar-refractivity contribution in [3.63, 3.8) is 0 Å². The van der Waals surface area contributed by atoms with Crippen LogP contribution in [0.25, 0.3) is 0 Å². The molecule has 0 N–H and O–H groups in total. The molecule has 0 unspecified atom stereocenters. The Morgan fingerprint density at radius 3 is 2.77 bits per heavy atom. The molecule has 1 aliphatic heterocycles. The average Bonchev–Trinajstić information content (AvgIpc) is 2.01. The van der Waals surface area contributed by atoms with Gasteiger partial charge in [0.05, 0.1) is 0 Å². The fourth-order valence-corrected chi connectivity index (χ4v) is 2.41. The van der Waals surface area contributed by atoms with Gasteiger partial charge in [0.1, 0.15) is 5.82 Å². The van der Waals surface area contributed by atoms with Crippen molar-refractivity contribution in [1.29, 1.82) is 0 Å². The van der Waals surface area contributed by atoms with Gasteiger partial charge in [-0.3, -0.25) is 0 Å². The predicted molar refractivity (Wildman–Crippen MR) is 49.4 cm³/mol. The van der Waals surface area contributed by atoms with Crippen molar-refractivity contribution in [2.45, 2.75) is 31.2 Å². The lowest BCUT2D eigenvalue weighted by Crippen LogP contribution is -2.64. The van der Waals surface area contributed by atoms with Crippen LogP contribution < -0.4 is 4.90 Å². The Morgan fingerprint density at radius 1 is 1.38 bits per heavy atom. The summed E-state index contributed by atoms with van der Waals surface area (Å²) in [6, 6.07) is 1.98. The lowest BCUT2D eigenvalue weighted by atomic mass is 9.68. The number of hydrogen-bond donors (Lipinski definition) is 0. The van der Waals surface area contributed by atoms with E-state index >= 15 is 0 Å². The third kappa shape index (κ3) is 0.900. The zero-order chi connectivity index (χ0) is 8.73. The van der Waals surface area contributed by atoms with Gasteiger partial charge in [-0.25, -0.2) is 9.97 Å². The summed E-state index contributed by atoms with van der Waals surface area (Å²) in [6.45, 7) is 1.16. The van der Waals surface area contributed by atoms with Crippen molar-refractivity contribution < 1.29 is 0 Å². The third-order valence-corrected chi connectivity index (χ3v) is 3.45. The Kier molecular flexibility index (Phi) is 1.37. The first-order chi connectivity index (χ1) is 6.41. The zero-order valence-corrected chi connectivity index (χ0v) is 7.53. The number of rotatable bonds is 1. The van der Waals surface area contributed by atoms with Crippen LogP contribution in [0.15, 0.2) is 12.3 Å². The molecule has 2 fully saturated rings. The van der Waals surface area contributed by atoms with E-state index in [1.54, 1.807) is 6.20 Å². The van der Waals surface area contributed by atoms with Crippen molar-refractivity contribution in [2.24, 2.45) is 0 Å². The second-order valence-electron chi connectivity index (χ2n) is 3.99. The topological polar surface area (TPSA) is 29.0 Å². The Bertz CT molecular complexity index is 300. The van der Waals surface area contributed by atoms with Crippen molar-refractivity contribution in [3.05, 3.63) is 18.6 Å². The van der Waals surface area contributed by atoms with Crippen LogP contribution in [0, 0.1) is 6.33 Å². The van der Waals surface area contributed by atoms with Crippen molar-refractivity contribution in [3.8, 4) is 0 Å². The molecule has 3 rings (SSSR count). The van der Waals surface area contributed by atoms with Gasteiger partial charge in [0.15, 0.2) is 6.33 Å². The number of anilines is 1. The quantitative estimate of drug-likeness (QED) is 0.644. The Labute approximate surface area is 77.8 Å². The first kappa shape index (κ1) is 7.30. The van der Waals surface area contributed by atoms with Crippen molar-refractivity contribution >= 4 is 5.82 Å². The summed E-state index contributed by atoms with van der Waals surface area (Å²) < 4.78 is 0. The van der Waals surface area contributed by atoms with Gasteiger partial charge in [0.25, 0.3) is 0 Å². The molecule has 1 saturated carbocycles. The summed E-state index contributed by atoms with van der Waals surface area (Å²) in [6.07, 6.45) is 9.84. The molecular weight excluding hydrogens is 162 g/mol. The summed E-state index contributed by atoms with van der Waals surface area (Å²) >= 11 is 0. The van der Waals surface area contributed by atoms with Gasteiger partial charge in [0, 0.05) is 18.3 Å². The molecular formula is C10H12N3. The van der Waals surface area contributed by atoms with E-state index in [2.05, 4.69) is 21.2 Å². The molecule has 13 heavy (non-hydrogen) atoms. The van der Waals surface area contributed by atoms with Gasteiger partial charge in [-0.05, 0) is 31.7 Å². The van der Waals surface area contributed by atoms with Crippen LogP contribution in [0.1, 0.15) is 25.7 Å². The van der Waals surface area contributed by atoms with Crippen LogP contribution in [-0.4, -0.2) is 22.1 Å².